The summed E-state index contributed by atoms with van der Waals surface area (Å²) in [6.45, 7) is 7.04. The van der Waals surface area contributed by atoms with Crippen molar-refractivity contribution in [2.75, 3.05) is 13.1 Å². The Balaban J connectivity index is 0.000000298. The molecule has 29 heavy (non-hydrogen) atoms. The maximum Gasteiger partial charge on any atom is 0.490 e. The van der Waals surface area contributed by atoms with Gasteiger partial charge in [-0.15, -0.1) is 0 Å². The Kier molecular flexibility index (Phi) is 6.21. The molecule has 0 bridgehead atoms. The fourth-order valence-electron chi connectivity index (χ4n) is 3.42. The van der Waals surface area contributed by atoms with Crippen LogP contribution in [0.2, 0.25) is 0 Å². The second-order valence-electron chi connectivity index (χ2n) is 7.34. The molecule has 1 aliphatic carbocycles. The van der Waals surface area contributed by atoms with Crippen LogP contribution in [0.3, 0.4) is 0 Å². The topological polar surface area (TPSA) is 92.4 Å². The Labute approximate surface area is 165 Å². The van der Waals surface area contributed by atoms with Crippen LogP contribution in [0.5, 0.6) is 0 Å². The molecule has 4 rings (SSSR count). The summed E-state index contributed by atoms with van der Waals surface area (Å²) in [6, 6.07) is 0. The van der Waals surface area contributed by atoms with Gasteiger partial charge in [0.1, 0.15) is 12.1 Å². The Morgan fingerprint density at radius 1 is 1.24 bits per heavy atom. The summed E-state index contributed by atoms with van der Waals surface area (Å²) in [5, 5.41) is 11.2. The molecule has 158 valence electrons. The maximum absolute atomic E-state index is 10.6. The van der Waals surface area contributed by atoms with Gasteiger partial charge in [0.25, 0.3) is 0 Å². The lowest BCUT2D eigenvalue weighted by molar-refractivity contribution is -0.192. The molecule has 0 atom stereocenters. The molecule has 0 spiro atoms. The molecule has 0 aromatic carbocycles. The summed E-state index contributed by atoms with van der Waals surface area (Å²) in [4.78, 5) is 20.5. The number of fused-ring (bicyclic) bond motifs is 1. The number of aromatic nitrogens is 3. The molecule has 0 radical (unpaired) electrons. The lowest BCUT2D eigenvalue weighted by Gasteiger charge is -2.19. The molecule has 0 saturated heterocycles. The van der Waals surface area contributed by atoms with E-state index in [0.29, 0.717) is 5.92 Å². The van der Waals surface area contributed by atoms with Crippen molar-refractivity contribution in [3.8, 4) is 0 Å². The van der Waals surface area contributed by atoms with E-state index in [2.05, 4.69) is 20.0 Å². The van der Waals surface area contributed by atoms with E-state index < -0.39 is 12.1 Å². The second kappa shape index (κ2) is 8.48. The van der Waals surface area contributed by atoms with Crippen molar-refractivity contribution in [1.29, 1.82) is 0 Å². The van der Waals surface area contributed by atoms with E-state index in [4.69, 9.17) is 14.4 Å². The van der Waals surface area contributed by atoms with Gasteiger partial charge in [-0.25, -0.2) is 14.8 Å². The first-order chi connectivity index (χ1) is 13.7. The van der Waals surface area contributed by atoms with Gasteiger partial charge in [-0.1, -0.05) is 5.16 Å². The molecular formula is C19H23F3N4O3. The Bertz CT molecular complexity index is 859. The molecule has 3 heterocycles. The van der Waals surface area contributed by atoms with E-state index in [1.54, 1.807) is 6.33 Å². The molecule has 1 aliphatic heterocycles. The Hall–Kier alpha value is -2.49. The quantitative estimate of drug-likeness (QED) is 0.828. The number of carboxylic acids is 1. The van der Waals surface area contributed by atoms with E-state index in [9.17, 15) is 13.2 Å². The van der Waals surface area contributed by atoms with Crippen molar-refractivity contribution in [2.24, 2.45) is 0 Å². The number of carboxylic acid groups (broad SMARTS) is 1. The fraction of sp³-hybridized carbons (Fsp3) is 0.579. The number of nitrogens with zero attached hydrogens (tertiary/aromatic N) is 4. The van der Waals surface area contributed by atoms with E-state index >= 15 is 0 Å². The number of aliphatic carboxylic acids is 1. The number of hydrogen-bond donors (Lipinski definition) is 1. The van der Waals surface area contributed by atoms with Gasteiger partial charge in [0, 0.05) is 43.2 Å². The van der Waals surface area contributed by atoms with E-state index in [-0.39, 0.29) is 0 Å². The summed E-state index contributed by atoms with van der Waals surface area (Å²) in [5.41, 5.74) is 6.26. The molecule has 7 nitrogen and oxygen atoms in total. The predicted molar refractivity (Wildman–Crippen MR) is 96.4 cm³/mol. The molecule has 10 heteroatoms. The van der Waals surface area contributed by atoms with Gasteiger partial charge >= 0.3 is 12.1 Å². The smallest absolute Gasteiger partial charge is 0.475 e. The van der Waals surface area contributed by atoms with E-state index in [1.807, 2.05) is 13.8 Å². The number of halogens is 3. The largest absolute Gasteiger partial charge is 0.490 e. The Morgan fingerprint density at radius 3 is 2.45 bits per heavy atom. The molecule has 0 amide bonds. The van der Waals surface area contributed by atoms with Gasteiger partial charge in [0.2, 0.25) is 0 Å². The summed E-state index contributed by atoms with van der Waals surface area (Å²) in [6.07, 6.45) is 1.35. The molecule has 2 aromatic rings. The molecule has 0 unspecified atom stereocenters. The van der Waals surface area contributed by atoms with Gasteiger partial charge in [-0.05, 0) is 38.7 Å². The van der Waals surface area contributed by atoms with Gasteiger partial charge < -0.3 is 9.63 Å². The number of carbonyl (C=O) groups is 1. The lowest BCUT2D eigenvalue weighted by Crippen LogP contribution is -2.26. The van der Waals surface area contributed by atoms with Gasteiger partial charge in [0.05, 0.1) is 11.4 Å². The monoisotopic (exact) mass is 412 g/mol. The highest BCUT2D eigenvalue weighted by Crippen LogP contribution is 2.41. The van der Waals surface area contributed by atoms with Gasteiger partial charge in [0.15, 0.2) is 0 Å². The van der Waals surface area contributed by atoms with Crippen LogP contribution < -0.4 is 0 Å². The average molecular weight is 412 g/mol. The highest BCUT2D eigenvalue weighted by Gasteiger charge is 2.38. The summed E-state index contributed by atoms with van der Waals surface area (Å²) in [5.74, 6) is -1.11. The van der Waals surface area contributed by atoms with Crippen molar-refractivity contribution < 1.29 is 27.6 Å². The molecule has 1 fully saturated rings. The van der Waals surface area contributed by atoms with Crippen LogP contribution in [0.25, 0.3) is 0 Å². The standard InChI is InChI=1S/C17H22N4O.C2HF3O2/c1-11-15(12(2)22-20-11)9-21-7-5-14-16(6-8-21)18-10-19-17(14)13-3-4-13;3-2(4,5)1(6)7/h10,13H,3-9H2,1-2H3;(H,6,7). The highest BCUT2D eigenvalue weighted by atomic mass is 19.4. The highest BCUT2D eigenvalue weighted by molar-refractivity contribution is 5.73. The van der Waals surface area contributed by atoms with E-state index in [0.717, 1.165) is 43.9 Å². The Morgan fingerprint density at radius 2 is 1.90 bits per heavy atom. The third-order valence-corrected chi connectivity index (χ3v) is 5.18. The number of rotatable bonds is 3. The zero-order chi connectivity index (χ0) is 21.2. The van der Waals surface area contributed by atoms with Crippen molar-refractivity contribution in [2.45, 2.75) is 58.2 Å². The van der Waals surface area contributed by atoms with Crippen LogP contribution in [0.15, 0.2) is 10.9 Å². The minimum atomic E-state index is -5.08. The zero-order valence-electron chi connectivity index (χ0n) is 16.3. The summed E-state index contributed by atoms with van der Waals surface area (Å²) in [7, 11) is 0. The zero-order valence-corrected chi connectivity index (χ0v) is 16.3. The van der Waals surface area contributed by atoms with Crippen LogP contribution >= 0.6 is 0 Å². The van der Waals surface area contributed by atoms with Crippen molar-refractivity contribution in [3.63, 3.8) is 0 Å². The van der Waals surface area contributed by atoms with Gasteiger partial charge in [-0.2, -0.15) is 13.2 Å². The van der Waals surface area contributed by atoms with E-state index in [1.165, 1.54) is 35.4 Å². The first kappa shape index (κ1) is 21.2. The maximum atomic E-state index is 10.6. The van der Waals surface area contributed by atoms with Gasteiger partial charge in [-0.3, -0.25) is 4.90 Å². The SMILES string of the molecule is Cc1noc(C)c1CN1CCc2ncnc(C3CC3)c2CC1.O=C(O)C(F)(F)F. The molecule has 1 saturated carbocycles. The minimum Gasteiger partial charge on any atom is -0.475 e. The van der Waals surface area contributed by atoms with Crippen LogP contribution in [0.4, 0.5) is 13.2 Å². The van der Waals surface area contributed by atoms with Crippen molar-refractivity contribution in [1.82, 2.24) is 20.0 Å². The molecule has 2 aromatic heterocycles. The lowest BCUT2D eigenvalue weighted by atomic mass is 10.0. The number of alkyl halides is 3. The average Bonchev–Trinajstić information content (AvgIpc) is 3.47. The normalized spacial score (nSPS) is 17.1. The first-order valence-electron chi connectivity index (χ1n) is 9.43. The van der Waals surface area contributed by atoms with Crippen molar-refractivity contribution >= 4 is 5.97 Å². The summed E-state index contributed by atoms with van der Waals surface area (Å²) >= 11 is 0. The predicted octanol–water partition coefficient (Wildman–Crippen LogP) is 3.19. The van der Waals surface area contributed by atoms with Crippen LogP contribution in [0, 0.1) is 13.8 Å². The molecule has 1 N–H and O–H groups in total. The first-order valence-corrected chi connectivity index (χ1v) is 9.43. The fourth-order valence-corrected chi connectivity index (χ4v) is 3.42. The summed E-state index contributed by atoms with van der Waals surface area (Å²) < 4.78 is 37.0. The van der Waals surface area contributed by atoms with Crippen LogP contribution in [0.1, 0.15) is 52.7 Å². The number of hydrogen-bond acceptors (Lipinski definition) is 6. The molecular weight excluding hydrogens is 389 g/mol. The second-order valence-corrected chi connectivity index (χ2v) is 7.34. The van der Waals surface area contributed by atoms with Crippen LogP contribution in [-0.4, -0.2) is 50.4 Å². The third-order valence-electron chi connectivity index (χ3n) is 5.18. The van der Waals surface area contributed by atoms with Crippen LogP contribution in [-0.2, 0) is 24.2 Å². The molecule has 2 aliphatic rings. The number of aryl methyl sites for hydroxylation is 2. The third kappa shape index (κ3) is 5.31. The van der Waals surface area contributed by atoms with Crippen molar-refractivity contribution in [3.05, 3.63) is 40.3 Å². The minimum absolute atomic E-state index is 0.700.